The number of carbonyl (C=O) groups is 2. The number of nitrogens with one attached hydrogen (secondary N) is 2. The Bertz CT molecular complexity index is 692. The van der Waals surface area contributed by atoms with Gasteiger partial charge in [-0.25, -0.2) is 5.43 Å². The zero-order valence-electron chi connectivity index (χ0n) is 11.6. The van der Waals surface area contributed by atoms with E-state index < -0.39 is 0 Å². The molecule has 0 aliphatic heterocycles. The molecule has 0 unspecified atom stereocenters. The summed E-state index contributed by atoms with van der Waals surface area (Å²) < 4.78 is 0. The highest BCUT2D eigenvalue weighted by atomic mass is 35.5. The number of hydrogen-bond donors (Lipinski definition) is 3. The molecule has 0 fully saturated rings. The average molecular weight is 307 g/mol. The Hall–Kier alpha value is -2.47. The summed E-state index contributed by atoms with van der Waals surface area (Å²) in [5.41, 5.74) is 9.95. The molecule has 0 radical (unpaired) electrons. The van der Waals surface area contributed by atoms with Crippen LogP contribution >= 0.6 is 12.4 Å². The maximum absolute atomic E-state index is 12.0. The van der Waals surface area contributed by atoms with Gasteiger partial charge in [-0.1, -0.05) is 6.07 Å². The van der Waals surface area contributed by atoms with Gasteiger partial charge in [0.05, 0.1) is 5.71 Å². The maximum atomic E-state index is 12.0. The van der Waals surface area contributed by atoms with Crippen LogP contribution in [-0.2, 0) is 0 Å². The van der Waals surface area contributed by atoms with E-state index in [4.69, 9.17) is 11.1 Å². The number of hydrogen-bond acceptors (Lipinski definition) is 4. The summed E-state index contributed by atoms with van der Waals surface area (Å²) in [6, 6.07) is 4.95. The highest BCUT2D eigenvalue weighted by Crippen LogP contribution is 2.22. The predicted octanol–water partition coefficient (Wildman–Crippen LogP) is 1.64. The van der Waals surface area contributed by atoms with E-state index in [1.807, 2.05) is 0 Å². The summed E-state index contributed by atoms with van der Waals surface area (Å²) in [5, 5.41) is 10.9. The van der Waals surface area contributed by atoms with Gasteiger partial charge in [0.15, 0.2) is 11.6 Å². The Morgan fingerprint density at radius 3 is 2.57 bits per heavy atom. The van der Waals surface area contributed by atoms with E-state index in [0.717, 1.165) is 0 Å². The first-order valence-electron chi connectivity index (χ1n) is 5.96. The molecule has 1 aromatic rings. The SMILES string of the molecule is CC1=CC(=O)c2cc(/C(C)=N\NC(=N)N)ccc2C1=O.Cl. The van der Waals surface area contributed by atoms with Crippen LogP contribution in [0.4, 0.5) is 0 Å². The van der Waals surface area contributed by atoms with Crippen molar-refractivity contribution in [3.63, 3.8) is 0 Å². The summed E-state index contributed by atoms with van der Waals surface area (Å²) in [6.07, 6.45) is 1.34. The summed E-state index contributed by atoms with van der Waals surface area (Å²) >= 11 is 0. The van der Waals surface area contributed by atoms with Crippen LogP contribution in [0.2, 0.25) is 0 Å². The standard InChI is InChI=1S/C14H14N4O2.ClH/c1-7-5-12(19)11-6-9(3-4-10(11)13(7)20)8(2)17-18-14(15)16;/h3-6H,1-2H3,(H4,15,16,18);1H/b17-8-;. The molecule has 0 spiro atoms. The summed E-state index contributed by atoms with van der Waals surface area (Å²) in [7, 11) is 0. The first-order chi connectivity index (χ1) is 9.40. The Labute approximate surface area is 128 Å². The Kier molecular flexibility index (Phi) is 4.99. The molecular formula is C14H15ClN4O2. The molecule has 2 rings (SSSR count). The van der Waals surface area contributed by atoms with E-state index >= 15 is 0 Å². The molecule has 4 N–H and O–H groups in total. The van der Waals surface area contributed by atoms with E-state index in [9.17, 15) is 9.59 Å². The van der Waals surface area contributed by atoms with E-state index in [2.05, 4.69) is 10.5 Å². The molecule has 0 saturated heterocycles. The predicted molar refractivity (Wildman–Crippen MR) is 83.4 cm³/mol. The molecule has 21 heavy (non-hydrogen) atoms. The number of nitrogens with zero attached hydrogens (tertiary/aromatic N) is 1. The second kappa shape index (κ2) is 6.32. The maximum Gasteiger partial charge on any atom is 0.206 e. The van der Waals surface area contributed by atoms with Crippen LogP contribution in [0.25, 0.3) is 0 Å². The molecule has 0 atom stereocenters. The van der Waals surface area contributed by atoms with Crippen molar-refractivity contribution < 1.29 is 9.59 Å². The zero-order chi connectivity index (χ0) is 14.9. The van der Waals surface area contributed by atoms with E-state index in [0.29, 0.717) is 28.0 Å². The van der Waals surface area contributed by atoms with Gasteiger partial charge >= 0.3 is 0 Å². The molecule has 0 aromatic heterocycles. The Morgan fingerprint density at radius 1 is 1.29 bits per heavy atom. The molecule has 0 saturated carbocycles. The van der Waals surface area contributed by atoms with Gasteiger partial charge in [-0.05, 0) is 37.6 Å². The van der Waals surface area contributed by atoms with Crippen molar-refractivity contribution in [1.82, 2.24) is 5.43 Å². The number of Topliss-reactive ketones (excluding diaryl/α,β-unsaturated/α-hetero) is 1. The smallest absolute Gasteiger partial charge is 0.206 e. The Balaban J connectivity index is 0.00000220. The van der Waals surface area contributed by atoms with Gasteiger partial charge in [-0.15, -0.1) is 12.4 Å². The topological polar surface area (TPSA) is 108 Å². The highest BCUT2D eigenvalue weighted by molar-refractivity contribution is 6.24. The van der Waals surface area contributed by atoms with E-state index in [-0.39, 0.29) is 29.9 Å². The quantitative estimate of drug-likeness (QED) is 0.438. The molecule has 0 bridgehead atoms. The highest BCUT2D eigenvalue weighted by Gasteiger charge is 2.23. The third-order valence-electron chi connectivity index (χ3n) is 3.00. The number of rotatable bonds is 2. The van der Waals surface area contributed by atoms with Gasteiger partial charge < -0.3 is 5.73 Å². The molecule has 6 nitrogen and oxygen atoms in total. The lowest BCUT2D eigenvalue weighted by Gasteiger charge is -2.13. The molecular weight excluding hydrogens is 292 g/mol. The fourth-order valence-corrected chi connectivity index (χ4v) is 1.93. The van der Waals surface area contributed by atoms with Crippen molar-refractivity contribution in [3.8, 4) is 0 Å². The number of nitrogens with two attached hydrogens (primary N) is 1. The molecule has 1 aliphatic carbocycles. The fourth-order valence-electron chi connectivity index (χ4n) is 1.93. The van der Waals surface area contributed by atoms with Crippen LogP contribution in [0.1, 0.15) is 40.1 Å². The summed E-state index contributed by atoms with van der Waals surface area (Å²) in [4.78, 5) is 23.9. The minimum atomic E-state index is -0.271. The monoisotopic (exact) mass is 306 g/mol. The van der Waals surface area contributed by atoms with E-state index in [1.165, 1.54) is 6.08 Å². The fraction of sp³-hybridized carbons (Fsp3) is 0.143. The van der Waals surface area contributed by atoms with Crippen molar-refractivity contribution >= 4 is 35.6 Å². The molecule has 0 amide bonds. The minimum Gasteiger partial charge on any atom is -0.369 e. The van der Waals surface area contributed by atoms with Crippen LogP contribution in [0.5, 0.6) is 0 Å². The molecule has 1 aromatic carbocycles. The first kappa shape index (κ1) is 16.6. The van der Waals surface area contributed by atoms with Gasteiger partial charge in [0.2, 0.25) is 5.96 Å². The van der Waals surface area contributed by atoms with Crippen LogP contribution in [0.15, 0.2) is 34.9 Å². The number of ketones is 2. The number of guanidine groups is 1. The molecule has 7 heteroatoms. The third kappa shape index (κ3) is 3.35. The number of hydrazone groups is 1. The van der Waals surface area contributed by atoms with Crippen LogP contribution in [-0.4, -0.2) is 23.2 Å². The minimum absolute atomic E-state index is 0. The number of benzene rings is 1. The van der Waals surface area contributed by atoms with Gasteiger partial charge in [0.1, 0.15) is 0 Å². The second-order valence-corrected chi connectivity index (χ2v) is 4.50. The van der Waals surface area contributed by atoms with Crippen molar-refractivity contribution in [2.75, 3.05) is 0 Å². The number of allylic oxidation sites excluding steroid dienone is 2. The second-order valence-electron chi connectivity index (χ2n) is 4.50. The lowest BCUT2D eigenvalue weighted by atomic mass is 9.88. The lowest BCUT2D eigenvalue weighted by Crippen LogP contribution is -2.26. The van der Waals surface area contributed by atoms with Crippen molar-refractivity contribution in [3.05, 3.63) is 46.5 Å². The van der Waals surface area contributed by atoms with Crippen LogP contribution in [0, 0.1) is 5.41 Å². The molecule has 1 aliphatic rings. The van der Waals surface area contributed by atoms with Crippen molar-refractivity contribution in [2.24, 2.45) is 10.8 Å². The van der Waals surface area contributed by atoms with Gasteiger partial charge in [-0.3, -0.25) is 15.0 Å². The summed E-state index contributed by atoms with van der Waals surface area (Å²) in [5.74, 6) is -0.596. The number of fused-ring (bicyclic) bond motifs is 1. The zero-order valence-corrected chi connectivity index (χ0v) is 12.4. The number of carbonyl (C=O) groups excluding carboxylic acids is 2. The van der Waals surface area contributed by atoms with Crippen LogP contribution in [0.3, 0.4) is 0 Å². The van der Waals surface area contributed by atoms with E-state index in [1.54, 1.807) is 32.0 Å². The average Bonchev–Trinajstić information content (AvgIpc) is 2.41. The largest absolute Gasteiger partial charge is 0.369 e. The summed E-state index contributed by atoms with van der Waals surface area (Å²) in [6.45, 7) is 3.34. The van der Waals surface area contributed by atoms with Gasteiger partial charge in [0.25, 0.3) is 0 Å². The van der Waals surface area contributed by atoms with Crippen molar-refractivity contribution in [1.29, 1.82) is 5.41 Å². The first-order valence-corrected chi connectivity index (χ1v) is 5.96. The lowest BCUT2D eigenvalue weighted by molar-refractivity contribution is 0.0984. The normalized spacial score (nSPS) is 14.0. The third-order valence-corrected chi connectivity index (χ3v) is 3.00. The van der Waals surface area contributed by atoms with Crippen LogP contribution < -0.4 is 11.2 Å². The Morgan fingerprint density at radius 2 is 1.95 bits per heavy atom. The molecule has 0 heterocycles. The number of halogens is 1. The van der Waals surface area contributed by atoms with Gasteiger partial charge in [-0.2, -0.15) is 5.10 Å². The van der Waals surface area contributed by atoms with Gasteiger partial charge in [0, 0.05) is 16.7 Å². The molecule has 110 valence electrons. The van der Waals surface area contributed by atoms with Crippen molar-refractivity contribution in [2.45, 2.75) is 13.8 Å².